The molecule has 102 valence electrons. The quantitative estimate of drug-likeness (QED) is 0.791. The van der Waals surface area contributed by atoms with E-state index in [9.17, 15) is 8.42 Å². The minimum Gasteiger partial charge on any atom is -0.447 e. The molecular formula is C11H18N2O4S. The summed E-state index contributed by atoms with van der Waals surface area (Å²) in [4.78, 5) is 0. The third-order valence-corrected chi connectivity index (χ3v) is 4.22. The van der Waals surface area contributed by atoms with Crippen LogP contribution in [-0.4, -0.2) is 27.7 Å². The second kappa shape index (κ2) is 5.83. The van der Waals surface area contributed by atoms with Crippen molar-refractivity contribution in [2.45, 2.75) is 37.0 Å². The van der Waals surface area contributed by atoms with Gasteiger partial charge in [0, 0.05) is 13.2 Å². The first kappa shape index (κ1) is 13.5. The van der Waals surface area contributed by atoms with Crippen LogP contribution in [-0.2, 0) is 21.3 Å². The maximum atomic E-state index is 11.8. The molecule has 0 aromatic carbocycles. The summed E-state index contributed by atoms with van der Waals surface area (Å²) in [6.45, 7) is 1.31. The van der Waals surface area contributed by atoms with E-state index in [4.69, 9.17) is 14.9 Å². The Labute approximate surface area is 107 Å². The molecule has 1 atom stereocenters. The van der Waals surface area contributed by atoms with Crippen molar-refractivity contribution in [2.75, 3.05) is 13.2 Å². The zero-order valence-electron chi connectivity index (χ0n) is 10.1. The lowest BCUT2D eigenvalue weighted by Gasteiger charge is -2.09. The third kappa shape index (κ3) is 3.32. The summed E-state index contributed by atoms with van der Waals surface area (Å²) in [7, 11) is -3.57. The van der Waals surface area contributed by atoms with Gasteiger partial charge in [-0.1, -0.05) is 0 Å². The molecule has 1 aromatic rings. The minimum atomic E-state index is -3.57. The van der Waals surface area contributed by atoms with Crippen LogP contribution >= 0.6 is 0 Å². The van der Waals surface area contributed by atoms with Gasteiger partial charge in [-0.3, -0.25) is 0 Å². The van der Waals surface area contributed by atoms with E-state index >= 15 is 0 Å². The maximum Gasteiger partial charge on any atom is 0.273 e. The van der Waals surface area contributed by atoms with Gasteiger partial charge in [-0.2, -0.15) is 0 Å². The van der Waals surface area contributed by atoms with E-state index in [2.05, 4.69) is 4.72 Å². The lowest BCUT2D eigenvalue weighted by atomic mass is 10.2. The molecular weight excluding hydrogens is 256 g/mol. The summed E-state index contributed by atoms with van der Waals surface area (Å²) in [5.41, 5.74) is 5.36. The van der Waals surface area contributed by atoms with E-state index in [1.54, 1.807) is 6.07 Å². The first-order chi connectivity index (χ1) is 8.62. The number of sulfonamides is 1. The van der Waals surface area contributed by atoms with E-state index in [1.165, 1.54) is 6.07 Å². The molecule has 1 saturated heterocycles. The number of hydrogen-bond donors (Lipinski definition) is 2. The van der Waals surface area contributed by atoms with Crippen LogP contribution < -0.4 is 10.5 Å². The van der Waals surface area contributed by atoms with Crippen LogP contribution in [0.2, 0.25) is 0 Å². The van der Waals surface area contributed by atoms with Crippen LogP contribution in [0.5, 0.6) is 0 Å². The van der Waals surface area contributed by atoms with Gasteiger partial charge in [-0.15, -0.1) is 0 Å². The third-order valence-electron chi connectivity index (χ3n) is 2.89. The van der Waals surface area contributed by atoms with E-state index < -0.39 is 10.0 Å². The SMILES string of the molecule is NCc1ccc(S(=O)(=O)NCCC2CCCO2)o1. The molecule has 1 aromatic heterocycles. The van der Waals surface area contributed by atoms with Crippen molar-refractivity contribution in [3.8, 4) is 0 Å². The predicted molar refractivity (Wildman–Crippen MR) is 65.4 cm³/mol. The molecule has 7 heteroatoms. The van der Waals surface area contributed by atoms with Crippen molar-refractivity contribution >= 4 is 10.0 Å². The molecule has 0 saturated carbocycles. The highest BCUT2D eigenvalue weighted by atomic mass is 32.2. The fourth-order valence-electron chi connectivity index (χ4n) is 1.91. The molecule has 18 heavy (non-hydrogen) atoms. The molecule has 0 aliphatic carbocycles. The summed E-state index contributed by atoms with van der Waals surface area (Å²) in [5, 5.41) is -0.0877. The molecule has 0 amide bonds. The average molecular weight is 274 g/mol. The molecule has 1 aliphatic rings. The Bertz CT molecular complexity index is 477. The Balaban J connectivity index is 1.86. The highest BCUT2D eigenvalue weighted by Crippen LogP contribution is 2.16. The van der Waals surface area contributed by atoms with Crippen molar-refractivity contribution in [3.05, 3.63) is 17.9 Å². The Morgan fingerprint density at radius 3 is 2.89 bits per heavy atom. The van der Waals surface area contributed by atoms with Crippen molar-refractivity contribution in [1.29, 1.82) is 0 Å². The number of nitrogens with two attached hydrogens (primary N) is 1. The van der Waals surface area contributed by atoms with Crippen molar-refractivity contribution in [3.63, 3.8) is 0 Å². The molecule has 0 spiro atoms. The molecule has 6 nitrogen and oxygen atoms in total. The van der Waals surface area contributed by atoms with Crippen LogP contribution in [0.3, 0.4) is 0 Å². The van der Waals surface area contributed by atoms with Crippen LogP contribution in [0.25, 0.3) is 0 Å². The number of rotatable bonds is 6. The van der Waals surface area contributed by atoms with Crippen LogP contribution in [0.4, 0.5) is 0 Å². The highest BCUT2D eigenvalue weighted by molar-refractivity contribution is 7.89. The monoisotopic (exact) mass is 274 g/mol. The van der Waals surface area contributed by atoms with Gasteiger partial charge in [-0.05, 0) is 31.4 Å². The molecule has 0 bridgehead atoms. The number of ether oxygens (including phenoxy) is 1. The van der Waals surface area contributed by atoms with E-state index in [0.717, 1.165) is 19.4 Å². The van der Waals surface area contributed by atoms with Gasteiger partial charge in [-0.25, -0.2) is 13.1 Å². The molecule has 3 N–H and O–H groups in total. The molecule has 1 fully saturated rings. The van der Waals surface area contributed by atoms with Gasteiger partial charge in [0.15, 0.2) is 0 Å². The summed E-state index contributed by atoms with van der Waals surface area (Å²) < 4.78 is 36.7. The summed E-state index contributed by atoms with van der Waals surface area (Å²) >= 11 is 0. The summed E-state index contributed by atoms with van der Waals surface area (Å²) in [5.74, 6) is 0.453. The number of nitrogens with one attached hydrogen (secondary N) is 1. The number of furan rings is 1. The Kier molecular flexibility index (Phi) is 4.39. The van der Waals surface area contributed by atoms with Crippen LogP contribution in [0.1, 0.15) is 25.0 Å². The summed E-state index contributed by atoms with van der Waals surface area (Å²) in [6, 6.07) is 2.98. The Morgan fingerprint density at radius 1 is 1.44 bits per heavy atom. The predicted octanol–water partition coefficient (Wildman–Crippen LogP) is 0.586. The second-order valence-corrected chi connectivity index (χ2v) is 5.94. The van der Waals surface area contributed by atoms with Crippen molar-refractivity contribution in [2.24, 2.45) is 5.73 Å². The Hall–Kier alpha value is -0.890. The molecule has 0 radical (unpaired) electrons. The Morgan fingerprint density at radius 2 is 2.28 bits per heavy atom. The minimum absolute atomic E-state index is 0.0877. The van der Waals surface area contributed by atoms with E-state index in [1.807, 2.05) is 0 Å². The first-order valence-electron chi connectivity index (χ1n) is 6.02. The van der Waals surface area contributed by atoms with Gasteiger partial charge < -0.3 is 14.9 Å². The topological polar surface area (TPSA) is 94.6 Å². The van der Waals surface area contributed by atoms with E-state index in [0.29, 0.717) is 18.7 Å². The van der Waals surface area contributed by atoms with Gasteiger partial charge in [0.25, 0.3) is 10.0 Å². The normalized spacial score (nSPS) is 20.4. The van der Waals surface area contributed by atoms with E-state index in [-0.39, 0.29) is 17.7 Å². The van der Waals surface area contributed by atoms with Crippen molar-refractivity contribution < 1.29 is 17.6 Å². The number of hydrogen-bond acceptors (Lipinski definition) is 5. The summed E-state index contributed by atoms with van der Waals surface area (Å²) in [6.07, 6.45) is 2.91. The maximum absolute atomic E-state index is 11.8. The van der Waals surface area contributed by atoms with Gasteiger partial charge in [0.2, 0.25) is 5.09 Å². The van der Waals surface area contributed by atoms with Gasteiger partial charge in [0.05, 0.1) is 12.6 Å². The smallest absolute Gasteiger partial charge is 0.273 e. The molecule has 1 unspecified atom stereocenters. The zero-order valence-corrected chi connectivity index (χ0v) is 10.9. The molecule has 2 rings (SSSR count). The van der Waals surface area contributed by atoms with Crippen molar-refractivity contribution in [1.82, 2.24) is 4.72 Å². The fraction of sp³-hybridized carbons (Fsp3) is 0.636. The first-order valence-corrected chi connectivity index (χ1v) is 7.50. The van der Waals surface area contributed by atoms with Crippen LogP contribution in [0, 0.1) is 0 Å². The standard InChI is InChI=1S/C11H18N2O4S/c12-8-10-3-4-11(17-10)18(14,15)13-6-5-9-2-1-7-16-9/h3-4,9,13H,1-2,5-8,12H2. The molecule has 1 aliphatic heterocycles. The fourth-order valence-corrected chi connectivity index (χ4v) is 2.90. The average Bonchev–Trinajstić information content (AvgIpc) is 2.99. The van der Waals surface area contributed by atoms with Crippen LogP contribution in [0.15, 0.2) is 21.6 Å². The lowest BCUT2D eigenvalue weighted by Crippen LogP contribution is -2.27. The largest absolute Gasteiger partial charge is 0.447 e. The van der Waals surface area contributed by atoms with Gasteiger partial charge in [0.1, 0.15) is 5.76 Å². The second-order valence-electron chi connectivity index (χ2n) is 4.25. The zero-order chi connectivity index (χ0) is 13.0. The van der Waals surface area contributed by atoms with Gasteiger partial charge >= 0.3 is 0 Å². The highest BCUT2D eigenvalue weighted by Gasteiger charge is 2.20. The molecule has 2 heterocycles. The lowest BCUT2D eigenvalue weighted by molar-refractivity contribution is 0.105.